The molecule has 0 N–H and O–H groups in total. The van der Waals surface area contributed by atoms with Crippen LogP contribution in [0.3, 0.4) is 0 Å². The second kappa shape index (κ2) is 9.69. The summed E-state index contributed by atoms with van der Waals surface area (Å²) in [5.74, 6) is -0.946. The molecule has 0 unspecified atom stereocenters. The Morgan fingerprint density at radius 3 is 2.23 bits per heavy atom. The van der Waals surface area contributed by atoms with Gasteiger partial charge in [0.15, 0.2) is 6.61 Å². The number of hydrogen-bond donors (Lipinski definition) is 0. The van der Waals surface area contributed by atoms with E-state index >= 15 is 0 Å². The summed E-state index contributed by atoms with van der Waals surface area (Å²) >= 11 is 0. The van der Waals surface area contributed by atoms with E-state index in [1.165, 1.54) is 15.3 Å². The molecule has 0 aliphatic carbocycles. The normalized spacial score (nSPS) is 15.3. The molecule has 158 valence electrons. The van der Waals surface area contributed by atoms with Crippen LogP contribution in [0.5, 0.6) is 0 Å². The van der Waals surface area contributed by atoms with Crippen LogP contribution >= 0.6 is 0 Å². The van der Waals surface area contributed by atoms with Crippen LogP contribution in [0.4, 0.5) is 0 Å². The van der Waals surface area contributed by atoms with Crippen molar-refractivity contribution >= 4 is 28.0 Å². The SMILES string of the molecule is Cc1ccc(/C=C/C(=O)OCC(=O)N2CCN(S(=O)(=O)c3ccccc3)CC2)cc1. The monoisotopic (exact) mass is 428 g/mol. The number of rotatable bonds is 6. The van der Waals surface area contributed by atoms with E-state index in [1.807, 2.05) is 31.2 Å². The van der Waals surface area contributed by atoms with E-state index in [0.29, 0.717) is 0 Å². The molecule has 1 saturated heterocycles. The number of esters is 1. The number of nitrogens with zero attached hydrogens (tertiary/aromatic N) is 2. The van der Waals surface area contributed by atoms with Gasteiger partial charge in [0.25, 0.3) is 5.91 Å². The summed E-state index contributed by atoms with van der Waals surface area (Å²) in [6.45, 7) is 2.50. The molecule has 1 amide bonds. The van der Waals surface area contributed by atoms with Gasteiger partial charge in [-0.05, 0) is 30.7 Å². The second-order valence-electron chi connectivity index (χ2n) is 6.95. The Morgan fingerprint density at radius 1 is 0.967 bits per heavy atom. The molecule has 0 spiro atoms. The molecule has 1 aliphatic rings. The van der Waals surface area contributed by atoms with Gasteiger partial charge >= 0.3 is 5.97 Å². The van der Waals surface area contributed by atoms with Crippen molar-refractivity contribution in [3.8, 4) is 0 Å². The molecule has 1 heterocycles. The molecule has 2 aromatic rings. The Morgan fingerprint density at radius 2 is 1.60 bits per heavy atom. The Balaban J connectivity index is 1.46. The summed E-state index contributed by atoms with van der Waals surface area (Å²) < 4.78 is 31.6. The average Bonchev–Trinajstić information content (AvgIpc) is 2.77. The first-order valence-electron chi connectivity index (χ1n) is 9.61. The molecule has 0 radical (unpaired) electrons. The molecule has 0 atom stereocenters. The molecule has 30 heavy (non-hydrogen) atoms. The maximum absolute atomic E-state index is 12.6. The molecule has 2 aromatic carbocycles. The molecule has 0 saturated carbocycles. The lowest BCUT2D eigenvalue weighted by atomic mass is 10.1. The summed E-state index contributed by atoms with van der Waals surface area (Å²) in [4.78, 5) is 25.9. The molecule has 1 fully saturated rings. The fourth-order valence-electron chi connectivity index (χ4n) is 3.03. The number of benzene rings is 2. The van der Waals surface area contributed by atoms with Crippen LogP contribution in [-0.4, -0.2) is 62.3 Å². The van der Waals surface area contributed by atoms with Gasteiger partial charge in [-0.2, -0.15) is 4.31 Å². The molecule has 3 rings (SSSR count). The molecule has 7 nitrogen and oxygen atoms in total. The number of sulfonamides is 1. The summed E-state index contributed by atoms with van der Waals surface area (Å²) in [6, 6.07) is 15.8. The number of piperazine rings is 1. The fraction of sp³-hybridized carbons (Fsp3) is 0.273. The summed E-state index contributed by atoms with van der Waals surface area (Å²) in [5, 5.41) is 0. The smallest absolute Gasteiger partial charge is 0.331 e. The van der Waals surface area contributed by atoms with Crippen molar-refractivity contribution in [2.45, 2.75) is 11.8 Å². The van der Waals surface area contributed by atoms with E-state index in [4.69, 9.17) is 4.74 Å². The highest BCUT2D eigenvalue weighted by Gasteiger charge is 2.30. The number of carbonyl (C=O) groups excluding carboxylic acids is 2. The second-order valence-corrected chi connectivity index (χ2v) is 8.89. The van der Waals surface area contributed by atoms with Crippen molar-refractivity contribution in [2.75, 3.05) is 32.8 Å². The molecule has 0 bridgehead atoms. The van der Waals surface area contributed by atoms with Crippen molar-refractivity contribution < 1.29 is 22.7 Å². The fourth-order valence-corrected chi connectivity index (χ4v) is 4.48. The van der Waals surface area contributed by atoms with Gasteiger partial charge in [-0.1, -0.05) is 48.0 Å². The van der Waals surface area contributed by atoms with Crippen LogP contribution in [0.25, 0.3) is 6.08 Å². The van der Waals surface area contributed by atoms with Crippen molar-refractivity contribution in [3.63, 3.8) is 0 Å². The van der Waals surface area contributed by atoms with E-state index < -0.39 is 16.0 Å². The van der Waals surface area contributed by atoms with Crippen molar-refractivity contribution in [3.05, 3.63) is 71.8 Å². The Labute approximate surface area is 176 Å². The number of hydrogen-bond acceptors (Lipinski definition) is 5. The van der Waals surface area contributed by atoms with Gasteiger partial charge in [-0.3, -0.25) is 4.79 Å². The first-order valence-corrected chi connectivity index (χ1v) is 11.0. The number of amides is 1. The van der Waals surface area contributed by atoms with E-state index in [9.17, 15) is 18.0 Å². The lowest BCUT2D eigenvalue weighted by Gasteiger charge is -2.33. The van der Waals surface area contributed by atoms with E-state index in [0.717, 1.165) is 11.1 Å². The highest BCUT2D eigenvalue weighted by Crippen LogP contribution is 2.17. The van der Waals surface area contributed by atoms with Crippen LogP contribution in [-0.2, 0) is 24.3 Å². The van der Waals surface area contributed by atoms with Gasteiger partial charge in [0.1, 0.15) is 0 Å². The number of carbonyl (C=O) groups is 2. The molecular formula is C22H24N2O5S. The van der Waals surface area contributed by atoms with Gasteiger partial charge in [-0.25, -0.2) is 13.2 Å². The zero-order valence-electron chi connectivity index (χ0n) is 16.7. The zero-order chi connectivity index (χ0) is 21.6. The third-order valence-electron chi connectivity index (χ3n) is 4.80. The summed E-state index contributed by atoms with van der Waals surface area (Å²) in [7, 11) is -3.57. The van der Waals surface area contributed by atoms with Crippen LogP contribution in [0.1, 0.15) is 11.1 Å². The Hall–Kier alpha value is -2.97. The molecule has 1 aliphatic heterocycles. The third kappa shape index (κ3) is 5.55. The van der Waals surface area contributed by atoms with Gasteiger partial charge in [0.2, 0.25) is 10.0 Å². The van der Waals surface area contributed by atoms with Gasteiger partial charge in [0, 0.05) is 32.3 Å². The van der Waals surface area contributed by atoms with E-state index in [2.05, 4.69) is 0 Å². The predicted octanol–water partition coefficient (Wildman–Crippen LogP) is 2.08. The highest BCUT2D eigenvalue weighted by molar-refractivity contribution is 7.89. The van der Waals surface area contributed by atoms with Crippen LogP contribution in [0, 0.1) is 6.92 Å². The van der Waals surface area contributed by atoms with Crippen LogP contribution < -0.4 is 0 Å². The summed E-state index contributed by atoms with van der Waals surface area (Å²) in [6.07, 6.45) is 2.90. The molecule has 0 aromatic heterocycles. The maximum Gasteiger partial charge on any atom is 0.331 e. The minimum absolute atomic E-state index is 0.199. The largest absolute Gasteiger partial charge is 0.452 e. The quantitative estimate of drug-likeness (QED) is 0.520. The topological polar surface area (TPSA) is 84.0 Å². The van der Waals surface area contributed by atoms with Crippen molar-refractivity contribution in [1.29, 1.82) is 0 Å². The standard InChI is InChI=1S/C22H24N2O5S/c1-18-7-9-19(10-8-18)11-12-22(26)29-17-21(25)23-13-15-24(16-14-23)30(27,28)20-5-3-2-4-6-20/h2-12H,13-17H2,1H3/b12-11+. The third-order valence-corrected chi connectivity index (χ3v) is 6.71. The van der Waals surface area contributed by atoms with E-state index in [-0.39, 0.29) is 43.6 Å². The maximum atomic E-state index is 12.6. The first kappa shape index (κ1) is 21.7. The van der Waals surface area contributed by atoms with Gasteiger partial charge in [0.05, 0.1) is 4.90 Å². The van der Waals surface area contributed by atoms with Crippen molar-refractivity contribution in [2.24, 2.45) is 0 Å². The van der Waals surface area contributed by atoms with Gasteiger partial charge < -0.3 is 9.64 Å². The predicted molar refractivity (Wildman–Crippen MR) is 113 cm³/mol. The number of aryl methyl sites for hydroxylation is 1. The molecular weight excluding hydrogens is 404 g/mol. The number of ether oxygens (including phenoxy) is 1. The lowest BCUT2D eigenvalue weighted by molar-refractivity contribution is -0.148. The van der Waals surface area contributed by atoms with Crippen LogP contribution in [0.2, 0.25) is 0 Å². The lowest BCUT2D eigenvalue weighted by Crippen LogP contribution is -2.51. The minimum Gasteiger partial charge on any atom is -0.452 e. The Kier molecular flexibility index (Phi) is 7.02. The average molecular weight is 429 g/mol. The van der Waals surface area contributed by atoms with E-state index in [1.54, 1.807) is 36.4 Å². The summed E-state index contributed by atoms with van der Waals surface area (Å²) in [5.41, 5.74) is 1.98. The van der Waals surface area contributed by atoms with Crippen molar-refractivity contribution in [1.82, 2.24) is 9.21 Å². The minimum atomic E-state index is -3.57. The molecule has 8 heteroatoms. The zero-order valence-corrected chi connectivity index (χ0v) is 17.5. The van der Waals surface area contributed by atoms with Crippen LogP contribution in [0.15, 0.2) is 65.6 Å². The first-order chi connectivity index (χ1) is 14.4. The highest BCUT2D eigenvalue weighted by atomic mass is 32.2. The Bertz CT molecular complexity index is 1010. The van der Waals surface area contributed by atoms with Gasteiger partial charge in [-0.15, -0.1) is 0 Å².